The van der Waals surface area contributed by atoms with Gasteiger partial charge in [0.2, 0.25) is 11.8 Å². The zero-order valence-corrected chi connectivity index (χ0v) is 11.6. The summed E-state index contributed by atoms with van der Waals surface area (Å²) in [5.74, 6) is -0.0888. The molecule has 0 radical (unpaired) electrons. The molecule has 1 heterocycles. The van der Waals surface area contributed by atoms with Gasteiger partial charge in [-0.3, -0.25) is 9.59 Å². The number of fused-ring (bicyclic) bond motifs is 1. The summed E-state index contributed by atoms with van der Waals surface area (Å²) in [6.07, 6.45) is 1.50. The lowest BCUT2D eigenvalue weighted by atomic mass is 10.0. The lowest BCUT2D eigenvalue weighted by molar-refractivity contribution is -0.122. The van der Waals surface area contributed by atoms with E-state index in [2.05, 4.69) is 5.32 Å². The van der Waals surface area contributed by atoms with Gasteiger partial charge in [0, 0.05) is 31.1 Å². The molecule has 1 aromatic rings. The van der Waals surface area contributed by atoms with Crippen LogP contribution in [0.5, 0.6) is 0 Å². The van der Waals surface area contributed by atoms with E-state index in [4.69, 9.17) is 5.11 Å². The van der Waals surface area contributed by atoms with Crippen molar-refractivity contribution in [1.82, 2.24) is 5.32 Å². The number of para-hydroxylation sites is 1. The summed E-state index contributed by atoms with van der Waals surface area (Å²) in [4.78, 5) is 25.4. The minimum absolute atomic E-state index is 0.0618. The Morgan fingerprint density at radius 3 is 2.90 bits per heavy atom. The molecule has 1 atom stereocenters. The monoisotopic (exact) mass is 276 g/mol. The number of nitrogens with one attached hydrogen (secondary N) is 1. The lowest BCUT2D eigenvalue weighted by Gasteiger charge is -2.29. The number of amides is 2. The highest BCUT2D eigenvalue weighted by molar-refractivity contribution is 5.96. The molecule has 1 aliphatic rings. The van der Waals surface area contributed by atoms with Crippen LogP contribution in [0.1, 0.15) is 25.3 Å². The van der Waals surface area contributed by atoms with Gasteiger partial charge in [-0.15, -0.1) is 0 Å². The highest BCUT2D eigenvalue weighted by Crippen LogP contribution is 2.27. The number of aryl methyl sites for hydroxylation is 1. The molecule has 0 fully saturated rings. The number of carbonyl (C=O) groups excluding carboxylic acids is 2. The van der Waals surface area contributed by atoms with Crippen molar-refractivity contribution < 1.29 is 14.7 Å². The number of aliphatic hydroxyl groups is 1. The summed E-state index contributed by atoms with van der Waals surface area (Å²) in [6, 6.07) is 7.54. The van der Waals surface area contributed by atoms with Gasteiger partial charge in [0.05, 0.1) is 6.61 Å². The standard InChI is InChI=1S/C15H20N2O3/c1-11(10-18)16-14(19)8-9-17-13-5-3-2-4-12(13)6-7-15(17)20/h2-5,11,18H,6-10H2,1H3,(H,16,19). The SMILES string of the molecule is CC(CO)NC(=O)CCN1C(=O)CCc2ccccc21. The van der Waals surface area contributed by atoms with Crippen LogP contribution in [-0.2, 0) is 16.0 Å². The highest BCUT2D eigenvalue weighted by atomic mass is 16.3. The summed E-state index contributed by atoms with van der Waals surface area (Å²) < 4.78 is 0. The normalized spacial score (nSPS) is 15.7. The summed E-state index contributed by atoms with van der Waals surface area (Å²) in [5, 5.41) is 11.6. The Hall–Kier alpha value is -1.88. The molecule has 108 valence electrons. The van der Waals surface area contributed by atoms with Gasteiger partial charge in [-0.1, -0.05) is 18.2 Å². The third-order valence-electron chi connectivity index (χ3n) is 3.44. The molecule has 0 saturated carbocycles. The molecule has 1 aliphatic heterocycles. The molecule has 1 aromatic carbocycles. The minimum Gasteiger partial charge on any atom is -0.394 e. The van der Waals surface area contributed by atoms with Crippen LogP contribution in [0.4, 0.5) is 5.69 Å². The molecule has 2 N–H and O–H groups in total. The molecule has 2 amide bonds. The lowest BCUT2D eigenvalue weighted by Crippen LogP contribution is -2.40. The predicted octanol–water partition coefficient (Wildman–Crippen LogP) is 0.853. The van der Waals surface area contributed by atoms with Gasteiger partial charge in [0.15, 0.2) is 0 Å². The molecule has 0 aromatic heterocycles. The van der Waals surface area contributed by atoms with E-state index in [1.165, 1.54) is 0 Å². The van der Waals surface area contributed by atoms with Crippen LogP contribution < -0.4 is 10.2 Å². The molecule has 0 bridgehead atoms. The molecular formula is C15H20N2O3. The quantitative estimate of drug-likeness (QED) is 0.838. The first kappa shape index (κ1) is 14.5. The molecule has 0 spiro atoms. The Morgan fingerprint density at radius 1 is 1.40 bits per heavy atom. The van der Waals surface area contributed by atoms with Crippen molar-refractivity contribution in [2.75, 3.05) is 18.1 Å². The summed E-state index contributed by atoms with van der Waals surface area (Å²) in [5.41, 5.74) is 2.06. The van der Waals surface area contributed by atoms with Crippen molar-refractivity contribution in [3.05, 3.63) is 29.8 Å². The molecule has 1 unspecified atom stereocenters. The van der Waals surface area contributed by atoms with Crippen LogP contribution in [0.15, 0.2) is 24.3 Å². The number of nitrogens with zero attached hydrogens (tertiary/aromatic N) is 1. The van der Waals surface area contributed by atoms with E-state index < -0.39 is 0 Å². The molecule has 0 aliphatic carbocycles. The Labute approximate surface area is 118 Å². The van der Waals surface area contributed by atoms with Crippen molar-refractivity contribution in [2.24, 2.45) is 0 Å². The van der Waals surface area contributed by atoms with Gasteiger partial charge in [-0.25, -0.2) is 0 Å². The smallest absolute Gasteiger partial charge is 0.227 e. The summed E-state index contributed by atoms with van der Waals surface area (Å²) in [7, 11) is 0. The first-order chi connectivity index (χ1) is 9.61. The zero-order valence-electron chi connectivity index (χ0n) is 11.6. The molecule has 20 heavy (non-hydrogen) atoms. The fourth-order valence-corrected chi connectivity index (χ4v) is 2.35. The van der Waals surface area contributed by atoms with Crippen molar-refractivity contribution >= 4 is 17.5 Å². The molecule has 0 saturated heterocycles. The Kier molecular flexibility index (Phi) is 4.74. The van der Waals surface area contributed by atoms with E-state index in [1.54, 1.807) is 11.8 Å². The van der Waals surface area contributed by atoms with Gasteiger partial charge in [0.1, 0.15) is 0 Å². The largest absolute Gasteiger partial charge is 0.394 e. The van der Waals surface area contributed by atoms with Crippen molar-refractivity contribution in [3.63, 3.8) is 0 Å². The van der Waals surface area contributed by atoms with Crippen LogP contribution in [0.3, 0.4) is 0 Å². The van der Waals surface area contributed by atoms with Gasteiger partial charge in [-0.2, -0.15) is 0 Å². The molecule has 2 rings (SSSR count). The van der Waals surface area contributed by atoms with E-state index in [0.29, 0.717) is 13.0 Å². The van der Waals surface area contributed by atoms with Crippen molar-refractivity contribution in [1.29, 1.82) is 0 Å². The van der Waals surface area contributed by atoms with Crippen LogP contribution in [-0.4, -0.2) is 36.1 Å². The second kappa shape index (κ2) is 6.52. The van der Waals surface area contributed by atoms with E-state index in [-0.39, 0.29) is 30.9 Å². The van der Waals surface area contributed by atoms with Crippen LogP contribution in [0.25, 0.3) is 0 Å². The topological polar surface area (TPSA) is 69.6 Å². The maximum atomic E-state index is 12.0. The molecule has 5 nitrogen and oxygen atoms in total. The average molecular weight is 276 g/mol. The van der Waals surface area contributed by atoms with Gasteiger partial charge in [0.25, 0.3) is 0 Å². The van der Waals surface area contributed by atoms with Crippen molar-refractivity contribution in [3.8, 4) is 0 Å². The summed E-state index contributed by atoms with van der Waals surface area (Å²) in [6.45, 7) is 2.02. The average Bonchev–Trinajstić information content (AvgIpc) is 2.46. The number of hydrogen-bond donors (Lipinski definition) is 2. The van der Waals surface area contributed by atoms with Crippen molar-refractivity contribution in [2.45, 2.75) is 32.2 Å². The number of anilines is 1. The first-order valence-electron chi connectivity index (χ1n) is 6.90. The van der Waals surface area contributed by atoms with E-state index in [0.717, 1.165) is 17.7 Å². The zero-order chi connectivity index (χ0) is 14.5. The second-order valence-corrected chi connectivity index (χ2v) is 5.08. The predicted molar refractivity (Wildman–Crippen MR) is 76.4 cm³/mol. The Bertz CT molecular complexity index is 502. The van der Waals surface area contributed by atoms with Crippen LogP contribution >= 0.6 is 0 Å². The van der Waals surface area contributed by atoms with E-state index in [1.807, 2.05) is 24.3 Å². The number of aliphatic hydroxyl groups excluding tert-OH is 1. The summed E-state index contributed by atoms with van der Waals surface area (Å²) >= 11 is 0. The minimum atomic E-state index is -0.258. The molecular weight excluding hydrogens is 256 g/mol. The number of hydrogen-bond acceptors (Lipinski definition) is 3. The van der Waals surface area contributed by atoms with Gasteiger partial charge >= 0.3 is 0 Å². The maximum Gasteiger partial charge on any atom is 0.227 e. The number of benzene rings is 1. The number of rotatable bonds is 5. The third kappa shape index (κ3) is 3.36. The van der Waals surface area contributed by atoms with Crippen LogP contribution in [0, 0.1) is 0 Å². The van der Waals surface area contributed by atoms with E-state index >= 15 is 0 Å². The fourth-order valence-electron chi connectivity index (χ4n) is 2.35. The second-order valence-electron chi connectivity index (χ2n) is 5.08. The van der Waals surface area contributed by atoms with Gasteiger partial charge in [-0.05, 0) is 25.0 Å². The van der Waals surface area contributed by atoms with Gasteiger partial charge < -0.3 is 15.3 Å². The Morgan fingerprint density at radius 2 is 2.15 bits per heavy atom. The highest BCUT2D eigenvalue weighted by Gasteiger charge is 2.24. The van der Waals surface area contributed by atoms with E-state index in [9.17, 15) is 9.59 Å². The number of carbonyl (C=O) groups is 2. The Balaban J connectivity index is 1.99. The maximum absolute atomic E-state index is 12.0. The fraction of sp³-hybridized carbons (Fsp3) is 0.467. The molecule has 5 heteroatoms. The van der Waals surface area contributed by atoms with Crippen LogP contribution in [0.2, 0.25) is 0 Å². The third-order valence-corrected chi connectivity index (χ3v) is 3.44. The first-order valence-corrected chi connectivity index (χ1v) is 6.90.